The van der Waals surface area contributed by atoms with E-state index in [1.54, 1.807) is 12.4 Å². The van der Waals surface area contributed by atoms with E-state index < -0.39 is 24.3 Å². The number of ketones is 1. The van der Waals surface area contributed by atoms with E-state index in [-0.39, 0.29) is 54.2 Å². The van der Waals surface area contributed by atoms with E-state index >= 15 is 0 Å². The molecular weight excluding hydrogens is 720 g/mol. The summed E-state index contributed by atoms with van der Waals surface area (Å²) in [6.07, 6.45) is 1.67. The summed E-state index contributed by atoms with van der Waals surface area (Å²) in [5, 5.41) is 13.4. The van der Waals surface area contributed by atoms with E-state index in [4.69, 9.17) is 9.47 Å². The fourth-order valence-electron chi connectivity index (χ4n) is 6.42. The quantitative estimate of drug-likeness (QED) is 0.0894. The fraction of sp³-hybridized carbons (Fsp3) is 0.500. The lowest BCUT2D eigenvalue weighted by atomic mass is 10.00. The number of carbonyl (C=O) groups is 4. The second-order valence-corrected chi connectivity index (χ2v) is 14.8. The fourth-order valence-corrected chi connectivity index (χ4v) is 6.42. The van der Waals surface area contributed by atoms with Gasteiger partial charge in [-0.1, -0.05) is 58.9 Å². The van der Waals surface area contributed by atoms with Crippen LogP contribution in [0.5, 0.6) is 0 Å². The number of carbonyl (C=O) groups excluding carboxylic acids is 4. The Hall–Kier alpha value is -5.32. The zero-order chi connectivity index (χ0) is 40.5. The van der Waals surface area contributed by atoms with Crippen LogP contribution in [0.3, 0.4) is 0 Å². The van der Waals surface area contributed by atoms with Crippen LogP contribution in [0.4, 0.5) is 9.59 Å². The number of aromatic amines is 2. The van der Waals surface area contributed by atoms with Crippen molar-refractivity contribution in [2.45, 2.75) is 77.8 Å². The summed E-state index contributed by atoms with van der Waals surface area (Å²) >= 11 is 0. The Morgan fingerprint density at radius 2 is 1.41 bits per heavy atom. The summed E-state index contributed by atoms with van der Waals surface area (Å²) < 4.78 is 21.8. The zero-order valence-corrected chi connectivity index (χ0v) is 33.2. The van der Waals surface area contributed by atoms with Crippen LogP contribution in [0.15, 0.2) is 48.8 Å². The molecule has 0 radical (unpaired) electrons. The van der Waals surface area contributed by atoms with Crippen molar-refractivity contribution >= 4 is 34.6 Å². The van der Waals surface area contributed by atoms with Gasteiger partial charge in [-0.05, 0) is 47.2 Å². The number of ether oxygens (including phenoxy) is 4. The van der Waals surface area contributed by atoms with Gasteiger partial charge in [-0.15, -0.1) is 0 Å². The van der Waals surface area contributed by atoms with Crippen molar-refractivity contribution in [3.05, 3.63) is 71.7 Å². The summed E-state index contributed by atoms with van der Waals surface area (Å²) in [5.74, 6) is 0.650. The molecule has 3 amide bonds. The first kappa shape index (κ1) is 41.8. The summed E-state index contributed by atoms with van der Waals surface area (Å²) in [5.41, 5.74) is 3.64. The van der Waals surface area contributed by atoms with E-state index in [2.05, 4.69) is 81.0 Å². The molecule has 3 heterocycles. The molecule has 0 bridgehead atoms. The lowest BCUT2D eigenvalue weighted by Gasteiger charge is -2.29. The third-order valence-electron chi connectivity index (χ3n) is 9.92. The molecule has 302 valence electrons. The Morgan fingerprint density at radius 3 is 2.07 bits per heavy atom. The number of benzene rings is 2. The number of fused-ring (bicyclic) bond motifs is 1. The summed E-state index contributed by atoms with van der Waals surface area (Å²) in [6.45, 7) is 12.4. The van der Waals surface area contributed by atoms with Crippen LogP contribution >= 0.6 is 0 Å². The lowest BCUT2D eigenvalue weighted by Crippen LogP contribution is -2.50. The third-order valence-corrected chi connectivity index (χ3v) is 9.92. The predicted octanol–water partition coefficient (Wildman–Crippen LogP) is 4.98. The highest BCUT2D eigenvalue weighted by molar-refractivity contribution is 5.89. The monoisotopic (exact) mass is 774 g/mol. The number of methoxy groups -OCH3 is 2. The summed E-state index contributed by atoms with van der Waals surface area (Å²) in [7, 11) is 2.53. The highest BCUT2D eigenvalue weighted by Gasteiger charge is 2.29. The number of amides is 3. The van der Waals surface area contributed by atoms with Crippen LogP contribution < -0.4 is 21.3 Å². The van der Waals surface area contributed by atoms with Gasteiger partial charge in [0.25, 0.3) is 0 Å². The number of alkyl carbamates (subject to hydrolysis) is 2. The molecule has 56 heavy (non-hydrogen) atoms. The van der Waals surface area contributed by atoms with Crippen molar-refractivity contribution in [2.24, 2.45) is 11.8 Å². The number of Topliss-reactive ketones (excluding diaryl/α,β-unsaturated/α-hetero) is 1. The number of aromatic nitrogens is 4. The molecule has 1 aliphatic rings. The van der Waals surface area contributed by atoms with Gasteiger partial charge in [0.1, 0.15) is 29.9 Å². The van der Waals surface area contributed by atoms with Gasteiger partial charge in [-0.3, -0.25) is 9.59 Å². The minimum absolute atomic E-state index is 0.0490. The summed E-state index contributed by atoms with van der Waals surface area (Å²) in [6, 6.07) is 10.8. The van der Waals surface area contributed by atoms with Crippen molar-refractivity contribution < 1.29 is 38.1 Å². The molecule has 16 nitrogen and oxygen atoms in total. The first-order chi connectivity index (χ1) is 26.8. The van der Waals surface area contributed by atoms with Crippen LogP contribution in [0.25, 0.3) is 22.0 Å². The standard InChI is InChI=1S/C40H54N8O8/c1-21(2)34(47-39(51)53-7)31(49)18-41-24(6)37-43-17-30(46-37)33-20-55-32(19-56-33)28-12-10-25-13-27(11-9-26(25)14-28)29-16-42-36(45-29)23(5)15-44-38(50)35(22(3)4)48-40(52)54-8/h9-14,16-17,21-24,32-35,41H,15,18-20H2,1-8H3,(H,42,45)(H,43,46)(H,44,50)(H,47,51)(H,48,52)/t23-,24-,32?,33?,34+,35+/m0/s1. The van der Waals surface area contributed by atoms with E-state index in [1.165, 1.54) is 14.2 Å². The van der Waals surface area contributed by atoms with Crippen molar-refractivity contribution in [3.63, 3.8) is 0 Å². The van der Waals surface area contributed by atoms with Crippen LogP contribution in [0, 0.1) is 11.8 Å². The second kappa shape index (κ2) is 19.0. The molecule has 0 saturated carbocycles. The maximum atomic E-state index is 12.8. The smallest absolute Gasteiger partial charge is 0.407 e. The van der Waals surface area contributed by atoms with Gasteiger partial charge in [-0.25, -0.2) is 19.6 Å². The van der Waals surface area contributed by atoms with Crippen molar-refractivity contribution in [1.82, 2.24) is 41.2 Å². The Morgan fingerprint density at radius 1 is 0.786 bits per heavy atom. The van der Waals surface area contributed by atoms with Crippen LogP contribution in [0.1, 0.15) is 88.6 Å². The van der Waals surface area contributed by atoms with Crippen molar-refractivity contribution in [1.29, 1.82) is 0 Å². The molecular formula is C40H54N8O8. The van der Waals surface area contributed by atoms with Gasteiger partial charge in [0.15, 0.2) is 5.78 Å². The van der Waals surface area contributed by atoms with E-state index in [9.17, 15) is 19.2 Å². The van der Waals surface area contributed by atoms with E-state index in [0.717, 1.165) is 39.1 Å². The van der Waals surface area contributed by atoms with Crippen molar-refractivity contribution in [2.75, 3.05) is 40.5 Å². The van der Waals surface area contributed by atoms with Gasteiger partial charge < -0.3 is 50.2 Å². The average Bonchev–Trinajstić information content (AvgIpc) is 3.91. The first-order valence-corrected chi connectivity index (χ1v) is 18.9. The van der Waals surface area contributed by atoms with Crippen LogP contribution in [0.2, 0.25) is 0 Å². The molecule has 5 rings (SSSR count). The molecule has 0 spiro atoms. The number of imidazole rings is 2. The average molecular weight is 775 g/mol. The van der Waals surface area contributed by atoms with Gasteiger partial charge in [0.2, 0.25) is 5.91 Å². The van der Waals surface area contributed by atoms with Gasteiger partial charge in [0.05, 0.1) is 69.8 Å². The van der Waals surface area contributed by atoms with Crippen LogP contribution in [-0.2, 0) is 28.5 Å². The van der Waals surface area contributed by atoms with Crippen LogP contribution in [-0.4, -0.2) is 96.4 Å². The number of hydrogen-bond donors (Lipinski definition) is 6. The molecule has 0 aliphatic carbocycles. The normalized spacial score (nSPS) is 17.9. The largest absolute Gasteiger partial charge is 0.453 e. The van der Waals surface area contributed by atoms with Gasteiger partial charge in [-0.2, -0.15) is 0 Å². The lowest BCUT2D eigenvalue weighted by molar-refractivity contribution is -0.138. The molecule has 1 aliphatic heterocycles. The number of rotatable bonds is 16. The molecule has 1 fully saturated rings. The minimum atomic E-state index is -0.710. The maximum absolute atomic E-state index is 12.8. The van der Waals surface area contributed by atoms with E-state index in [1.807, 2.05) is 47.6 Å². The Balaban J connectivity index is 1.12. The molecule has 2 aromatic carbocycles. The SMILES string of the molecule is COC(=O)N[C@@H](C(=O)CN[C@@H](C)c1ncc(C2COC(c3ccc4cc(-c5cnc([C@@H](C)CNC(=O)[C@H](NC(=O)OC)C(C)C)[nH]5)ccc4c3)CO2)[nH]1)C(C)C. The molecule has 1 saturated heterocycles. The minimum Gasteiger partial charge on any atom is -0.453 e. The topological polar surface area (TPSA) is 211 Å². The first-order valence-electron chi connectivity index (χ1n) is 18.9. The highest BCUT2D eigenvalue weighted by Crippen LogP contribution is 2.32. The Labute approximate surface area is 326 Å². The molecule has 4 aromatic rings. The maximum Gasteiger partial charge on any atom is 0.407 e. The molecule has 2 aromatic heterocycles. The second-order valence-electron chi connectivity index (χ2n) is 14.8. The predicted molar refractivity (Wildman–Crippen MR) is 209 cm³/mol. The van der Waals surface area contributed by atoms with Gasteiger partial charge in [0, 0.05) is 18.0 Å². The third kappa shape index (κ3) is 10.5. The number of nitrogens with zero attached hydrogens (tertiary/aromatic N) is 2. The number of hydrogen-bond acceptors (Lipinski definition) is 11. The number of H-pyrrole nitrogens is 2. The van der Waals surface area contributed by atoms with Crippen molar-refractivity contribution in [3.8, 4) is 11.3 Å². The summed E-state index contributed by atoms with van der Waals surface area (Å²) in [4.78, 5) is 64.7. The van der Waals surface area contributed by atoms with E-state index in [0.29, 0.717) is 25.6 Å². The molecule has 2 unspecified atom stereocenters. The van der Waals surface area contributed by atoms with Gasteiger partial charge >= 0.3 is 12.2 Å². The molecule has 6 N–H and O–H groups in total. The zero-order valence-electron chi connectivity index (χ0n) is 33.2. The molecule has 16 heteroatoms. The highest BCUT2D eigenvalue weighted by atomic mass is 16.6. The Bertz CT molecular complexity index is 1970. The number of nitrogens with one attached hydrogen (secondary N) is 6. The molecule has 6 atom stereocenters. The Kier molecular flexibility index (Phi) is 14.2.